The minimum absolute atomic E-state index is 0.0344. The zero-order valence-electron chi connectivity index (χ0n) is 10.9. The van der Waals surface area contributed by atoms with E-state index in [1.54, 1.807) is 6.07 Å². The van der Waals surface area contributed by atoms with E-state index in [0.717, 1.165) is 31.0 Å². The molecule has 0 saturated carbocycles. The average Bonchev–Trinajstić information content (AvgIpc) is 2.37. The highest BCUT2D eigenvalue weighted by Gasteiger charge is 2.11. The van der Waals surface area contributed by atoms with Crippen molar-refractivity contribution < 1.29 is 13.9 Å². The molecule has 0 heterocycles. The smallest absolute Gasteiger partial charge is 0.159 e. The Morgan fingerprint density at radius 3 is 2.56 bits per heavy atom. The quantitative estimate of drug-likeness (QED) is 0.787. The Hall–Kier alpha value is -1.00. The van der Waals surface area contributed by atoms with Gasteiger partial charge >= 0.3 is 0 Å². The number of nitrogens with one attached hydrogen (secondary N) is 1. The van der Waals surface area contributed by atoms with Gasteiger partial charge in [-0.15, -0.1) is 0 Å². The van der Waals surface area contributed by atoms with Crippen molar-refractivity contribution in [3.63, 3.8) is 0 Å². The van der Waals surface area contributed by atoms with Crippen LogP contribution in [0, 0.1) is 17.6 Å². The largest absolute Gasteiger partial charge is 0.396 e. The molecule has 0 aliphatic rings. The van der Waals surface area contributed by atoms with Crippen molar-refractivity contribution >= 4 is 0 Å². The van der Waals surface area contributed by atoms with Gasteiger partial charge in [0.05, 0.1) is 0 Å². The first kappa shape index (κ1) is 15.1. The number of benzene rings is 1. The molecule has 0 aromatic heterocycles. The molecule has 102 valence electrons. The van der Waals surface area contributed by atoms with Gasteiger partial charge in [0, 0.05) is 12.6 Å². The van der Waals surface area contributed by atoms with Crippen molar-refractivity contribution in [1.29, 1.82) is 0 Å². The van der Waals surface area contributed by atoms with E-state index in [2.05, 4.69) is 12.2 Å². The third kappa shape index (κ3) is 4.35. The predicted molar refractivity (Wildman–Crippen MR) is 68.3 cm³/mol. The lowest BCUT2D eigenvalue weighted by Crippen LogP contribution is -2.26. The van der Waals surface area contributed by atoms with E-state index in [1.807, 2.05) is 6.92 Å². The summed E-state index contributed by atoms with van der Waals surface area (Å²) in [5, 5.41) is 12.2. The molecule has 0 saturated heterocycles. The van der Waals surface area contributed by atoms with E-state index < -0.39 is 11.6 Å². The lowest BCUT2D eigenvalue weighted by Gasteiger charge is -2.19. The molecule has 0 aliphatic carbocycles. The lowest BCUT2D eigenvalue weighted by atomic mass is 10.0. The topological polar surface area (TPSA) is 32.3 Å². The van der Waals surface area contributed by atoms with Gasteiger partial charge in [-0.3, -0.25) is 0 Å². The van der Waals surface area contributed by atoms with E-state index in [9.17, 15) is 8.78 Å². The number of rotatable bonds is 7. The molecule has 0 aliphatic heterocycles. The second-order valence-electron chi connectivity index (χ2n) is 4.59. The van der Waals surface area contributed by atoms with E-state index >= 15 is 0 Å². The van der Waals surface area contributed by atoms with Crippen molar-refractivity contribution in [2.75, 3.05) is 13.2 Å². The molecule has 2 nitrogen and oxygen atoms in total. The van der Waals surface area contributed by atoms with Crippen molar-refractivity contribution in [1.82, 2.24) is 5.32 Å². The number of aliphatic hydroxyl groups excluding tert-OH is 1. The zero-order chi connectivity index (χ0) is 13.5. The van der Waals surface area contributed by atoms with Crippen LogP contribution in [0.25, 0.3) is 0 Å². The maximum atomic E-state index is 13.1. The van der Waals surface area contributed by atoms with E-state index in [-0.39, 0.29) is 12.6 Å². The Morgan fingerprint density at radius 2 is 2.00 bits per heavy atom. The second-order valence-corrected chi connectivity index (χ2v) is 4.59. The molecule has 0 radical (unpaired) electrons. The van der Waals surface area contributed by atoms with Crippen LogP contribution in [0.1, 0.15) is 38.3 Å². The maximum absolute atomic E-state index is 13.1. The molecule has 0 fully saturated rings. The second kappa shape index (κ2) is 7.44. The van der Waals surface area contributed by atoms with Gasteiger partial charge in [0.15, 0.2) is 11.6 Å². The van der Waals surface area contributed by atoms with Gasteiger partial charge in [-0.05, 0) is 43.5 Å². The number of halogens is 2. The molecular formula is C14H21F2NO. The summed E-state index contributed by atoms with van der Waals surface area (Å²) in [7, 11) is 0. The number of hydrogen-bond acceptors (Lipinski definition) is 2. The third-order valence-corrected chi connectivity index (χ3v) is 3.27. The molecule has 2 unspecified atom stereocenters. The molecule has 0 bridgehead atoms. The predicted octanol–water partition coefficient (Wildman–Crippen LogP) is 3.02. The lowest BCUT2D eigenvalue weighted by molar-refractivity contribution is 0.249. The molecule has 1 aromatic rings. The molecule has 4 heteroatoms. The highest BCUT2D eigenvalue weighted by molar-refractivity contribution is 5.20. The van der Waals surface area contributed by atoms with Crippen molar-refractivity contribution in [2.45, 2.75) is 32.7 Å². The highest BCUT2D eigenvalue weighted by atomic mass is 19.2. The van der Waals surface area contributed by atoms with E-state index in [0.29, 0.717) is 5.92 Å². The maximum Gasteiger partial charge on any atom is 0.159 e. The van der Waals surface area contributed by atoms with Crippen LogP contribution in [0.3, 0.4) is 0 Å². The van der Waals surface area contributed by atoms with Crippen LogP contribution >= 0.6 is 0 Å². The molecule has 2 N–H and O–H groups in total. The molecule has 1 aromatic carbocycles. The van der Waals surface area contributed by atoms with Gasteiger partial charge in [0.2, 0.25) is 0 Å². The van der Waals surface area contributed by atoms with Crippen LogP contribution in [0.15, 0.2) is 18.2 Å². The number of hydrogen-bond donors (Lipinski definition) is 2. The first-order valence-electron chi connectivity index (χ1n) is 6.37. The summed E-state index contributed by atoms with van der Waals surface area (Å²) in [6, 6.07) is 3.92. The molecule has 0 amide bonds. The first-order chi connectivity index (χ1) is 8.58. The summed E-state index contributed by atoms with van der Waals surface area (Å²) in [6.07, 6.45) is 1.74. The summed E-state index contributed by atoms with van der Waals surface area (Å²) in [4.78, 5) is 0. The summed E-state index contributed by atoms with van der Waals surface area (Å²) < 4.78 is 25.9. The average molecular weight is 257 g/mol. The van der Waals surface area contributed by atoms with Crippen LogP contribution < -0.4 is 5.32 Å². The van der Waals surface area contributed by atoms with Gasteiger partial charge < -0.3 is 10.4 Å². The Morgan fingerprint density at radius 1 is 1.28 bits per heavy atom. The van der Waals surface area contributed by atoms with Crippen LogP contribution in [0.2, 0.25) is 0 Å². The van der Waals surface area contributed by atoms with Gasteiger partial charge in [-0.25, -0.2) is 8.78 Å². The fourth-order valence-corrected chi connectivity index (χ4v) is 1.88. The molecular weight excluding hydrogens is 236 g/mol. The molecule has 1 rings (SSSR count). The normalized spacial score (nSPS) is 14.5. The third-order valence-electron chi connectivity index (χ3n) is 3.27. The van der Waals surface area contributed by atoms with Crippen LogP contribution in [-0.2, 0) is 0 Å². The minimum Gasteiger partial charge on any atom is -0.396 e. The van der Waals surface area contributed by atoms with Gasteiger partial charge in [0.1, 0.15) is 0 Å². The fourth-order valence-electron chi connectivity index (χ4n) is 1.88. The van der Waals surface area contributed by atoms with Crippen molar-refractivity contribution in [3.8, 4) is 0 Å². The minimum atomic E-state index is -0.822. The van der Waals surface area contributed by atoms with E-state index in [1.165, 1.54) is 6.07 Å². The van der Waals surface area contributed by atoms with Gasteiger partial charge in [-0.2, -0.15) is 0 Å². The van der Waals surface area contributed by atoms with Gasteiger partial charge in [0.25, 0.3) is 0 Å². The Balaban J connectivity index is 2.53. The Labute approximate surface area is 107 Å². The summed E-state index contributed by atoms with van der Waals surface area (Å²) in [5.74, 6) is -1.23. The van der Waals surface area contributed by atoms with Crippen LogP contribution in [0.4, 0.5) is 8.78 Å². The first-order valence-corrected chi connectivity index (χ1v) is 6.37. The Kier molecular flexibility index (Phi) is 6.22. The standard InChI is InChI=1S/C14H21F2NO/c1-3-11(6-7-18)9-17-10(2)12-4-5-13(15)14(16)8-12/h4-5,8,10-11,17-18H,3,6-7,9H2,1-2H3. The molecule has 18 heavy (non-hydrogen) atoms. The highest BCUT2D eigenvalue weighted by Crippen LogP contribution is 2.17. The fraction of sp³-hybridized carbons (Fsp3) is 0.571. The SMILES string of the molecule is CCC(CCO)CNC(C)c1ccc(F)c(F)c1. The monoisotopic (exact) mass is 257 g/mol. The Bertz CT molecular complexity index is 371. The van der Waals surface area contributed by atoms with Crippen molar-refractivity contribution in [3.05, 3.63) is 35.4 Å². The zero-order valence-corrected chi connectivity index (χ0v) is 10.9. The number of aliphatic hydroxyl groups is 1. The van der Waals surface area contributed by atoms with Crippen LogP contribution in [-0.4, -0.2) is 18.3 Å². The summed E-state index contributed by atoms with van der Waals surface area (Å²) in [5.41, 5.74) is 0.729. The van der Waals surface area contributed by atoms with Crippen LogP contribution in [0.5, 0.6) is 0 Å². The van der Waals surface area contributed by atoms with Crippen molar-refractivity contribution in [2.24, 2.45) is 5.92 Å². The molecule has 2 atom stereocenters. The molecule has 0 spiro atoms. The van der Waals surface area contributed by atoms with E-state index in [4.69, 9.17) is 5.11 Å². The van der Waals surface area contributed by atoms with Gasteiger partial charge in [-0.1, -0.05) is 19.4 Å². The summed E-state index contributed by atoms with van der Waals surface area (Å²) >= 11 is 0. The summed E-state index contributed by atoms with van der Waals surface area (Å²) in [6.45, 7) is 4.93.